The van der Waals surface area contributed by atoms with E-state index in [0.717, 1.165) is 6.07 Å². The number of fused-ring (bicyclic) bond motifs is 1. The zero-order chi connectivity index (χ0) is 14.8. The summed E-state index contributed by atoms with van der Waals surface area (Å²) in [6.45, 7) is 2.31. The summed E-state index contributed by atoms with van der Waals surface area (Å²) in [5.74, 6) is 0.413. The molecule has 1 aliphatic rings. The SMILES string of the molecule is CCCS(=O)(=O)Nc1cc2c(cc1[N+](=O)[O-])OCCO2. The molecule has 0 atom stereocenters. The third-order valence-corrected chi connectivity index (χ3v) is 4.07. The number of nitrogens with one attached hydrogen (secondary N) is 1. The zero-order valence-corrected chi connectivity index (χ0v) is 11.6. The third-order valence-electron chi connectivity index (χ3n) is 2.60. The highest BCUT2D eigenvalue weighted by Crippen LogP contribution is 2.39. The van der Waals surface area contributed by atoms with Gasteiger partial charge in [-0.2, -0.15) is 0 Å². The van der Waals surface area contributed by atoms with E-state index in [4.69, 9.17) is 9.47 Å². The summed E-state index contributed by atoms with van der Waals surface area (Å²) in [6, 6.07) is 2.44. The van der Waals surface area contributed by atoms with E-state index in [1.54, 1.807) is 6.92 Å². The van der Waals surface area contributed by atoms with E-state index in [9.17, 15) is 18.5 Å². The second kappa shape index (κ2) is 5.53. The number of nitro groups is 1. The summed E-state index contributed by atoms with van der Waals surface area (Å²) in [6.07, 6.45) is 0.410. The van der Waals surface area contributed by atoms with Crippen molar-refractivity contribution in [1.82, 2.24) is 0 Å². The largest absolute Gasteiger partial charge is 0.486 e. The molecule has 0 amide bonds. The van der Waals surface area contributed by atoms with Crippen molar-refractivity contribution < 1.29 is 22.8 Å². The monoisotopic (exact) mass is 302 g/mol. The van der Waals surface area contributed by atoms with Crippen molar-refractivity contribution in [2.75, 3.05) is 23.7 Å². The molecule has 0 saturated carbocycles. The Kier molecular flexibility index (Phi) is 3.98. The number of sulfonamides is 1. The number of rotatable bonds is 5. The van der Waals surface area contributed by atoms with Gasteiger partial charge in [-0.15, -0.1) is 0 Å². The van der Waals surface area contributed by atoms with E-state index < -0.39 is 14.9 Å². The van der Waals surface area contributed by atoms with Gasteiger partial charge in [0.05, 0.1) is 16.7 Å². The summed E-state index contributed by atoms with van der Waals surface area (Å²) < 4.78 is 36.2. The number of nitrogens with zero attached hydrogens (tertiary/aromatic N) is 1. The normalized spacial score (nSPS) is 13.8. The quantitative estimate of drug-likeness (QED) is 0.652. The molecule has 1 aromatic rings. The molecule has 1 aromatic carbocycles. The Morgan fingerprint density at radius 2 is 1.90 bits per heavy atom. The van der Waals surface area contributed by atoms with Crippen LogP contribution in [0.1, 0.15) is 13.3 Å². The van der Waals surface area contributed by atoms with Crippen LogP contribution in [0.15, 0.2) is 12.1 Å². The van der Waals surface area contributed by atoms with Crippen LogP contribution in [0.2, 0.25) is 0 Å². The highest BCUT2D eigenvalue weighted by Gasteiger charge is 2.24. The Morgan fingerprint density at radius 3 is 2.45 bits per heavy atom. The van der Waals surface area contributed by atoms with Crippen molar-refractivity contribution in [2.45, 2.75) is 13.3 Å². The van der Waals surface area contributed by atoms with Gasteiger partial charge in [-0.05, 0) is 6.42 Å². The van der Waals surface area contributed by atoms with Crippen LogP contribution < -0.4 is 14.2 Å². The number of hydrogen-bond acceptors (Lipinski definition) is 6. The van der Waals surface area contributed by atoms with Gasteiger partial charge in [0.15, 0.2) is 11.5 Å². The third kappa shape index (κ3) is 3.10. The molecule has 110 valence electrons. The first-order chi connectivity index (χ1) is 9.43. The fourth-order valence-electron chi connectivity index (χ4n) is 1.80. The van der Waals surface area contributed by atoms with Crippen LogP contribution in [0, 0.1) is 10.1 Å². The molecule has 0 bridgehead atoms. The van der Waals surface area contributed by atoms with Gasteiger partial charge in [0.1, 0.15) is 18.9 Å². The van der Waals surface area contributed by atoms with Gasteiger partial charge in [-0.3, -0.25) is 14.8 Å². The molecular weight excluding hydrogens is 288 g/mol. The van der Waals surface area contributed by atoms with E-state index in [-0.39, 0.29) is 28.6 Å². The standard InChI is InChI=1S/C11H14N2O6S/c1-2-5-20(16,17)12-8-6-10-11(19-4-3-18-10)7-9(8)13(14)15/h6-7,12H,2-5H2,1H3. The predicted molar refractivity (Wildman–Crippen MR) is 71.8 cm³/mol. The number of hydrogen-bond donors (Lipinski definition) is 1. The van der Waals surface area contributed by atoms with Crippen molar-refractivity contribution in [3.8, 4) is 11.5 Å². The lowest BCUT2D eigenvalue weighted by atomic mass is 10.2. The molecule has 0 aliphatic carbocycles. The smallest absolute Gasteiger partial charge is 0.297 e. The van der Waals surface area contributed by atoms with Crippen LogP contribution in [0.3, 0.4) is 0 Å². The molecule has 0 fully saturated rings. The second-order valence-corrected chi connectivity index (χ2v) is 6.03. The predicted octanol–water partition coefficient (Wildman–Crippen LogP) is 1.52. The van der Waals surface area contributed by atoms with Crippen LogP contribution >= 0.6 is 0 Å². The van der Waals surface area contributed by atoms with Crippen LogP contribution in [0.25, 0.3) is 0 Å². The molecule has 20 heavy (non-hydrogen) atoms. The van der Waals surface area contributed by atoms with Crippen molar-refractivity contribution in [3.05, 3.63) is 22.2 Å². The van der Waals surface area contributed by atoms with Crippen molar-refractivity contribution in [2.24, 2.45) is 0 Å². The number of nitro benzene ring substituents is 1. The Bertz CT molecular complexity index is 628. The number of benzene rings is 1. The van der Waals surface area contributed by atoms with Gasteiger partial charge in [0.25, 0.3) is 5.69 Å². The Morgan fingerprint density at radius 1 is 1.30 bits per heavy atom. The minimum Gasteiger partial charge on any atom is -0.486 e. The highest BCUT2D eigenvalue weighted by atomic mass is 32.2. The maximum atomic E-state index is 11.7. The van der Waals surface area contributed by atoms with Gasteiger partial charge < -0.3 is 9.47 Å². The van der Waals surface area contributed by atoms with Crippen molar-refractivity contribution in [1.29, 1.82) is 0 Å². The lowest BCUT2D eigenvalue weighted by molar-refractivity contribution is -0.384. The fraction of sp³-hybridized carbons (Fsp3) is 0.455. The lowest BCUT2D eigenvalue weighted by Crippen LogP contribution is -2.19. The molecule has 0 saturated heterocycles. The van der Waals surface area contributed by atoms with E-state index >= 15 is 0 Å². The van der Waals surface area contributed by atoms with Gasteiger partial charge in [-0.25, -0.2) is 8.42 Å². The van der Waals surface area contributed by atoms with Gasteiger partial charge in [0.2, 0.25) is 10.0 Å². The minimum absolute atomic E-state index is 0.113. The summed E-state index contributed by atoms with van der Waals surface area (Å²) in [5, 5.41) is 11.0. The summed E-state index contributed by atoms with van der Waals surface area (Å²) in [5.41, 5.74) is -0.485. The summed E-state index contributed by atoms with van der Waals surface area (Å²) in [4.78, 5) is 10.4. The molecule has 0 spiro atoms. The first kappa shape index (κ1) is 14.4. The lowest BCUT2D eigenvalue weighted by Gasteiger charge is -2.19. The maximum absolute atomic E-state index is 11.7. The van der Waals surface area contributed by atoms with Gasteiger partial charge in [-0.1, -0.05) is 6.92 Å². The van der Waals surface area contributed by atoms with E-state index in [1.807, 2.05) is 0 Å². The van der Waals surface area contributed by atoms with Crippen molar-refractivity contribution in [3.63, 3.8) is 0 Å². The Hall–Kier alpha value is -2.03. The fourth-order valence-corrected chi connectivity index (χ4v) is 2.94. The molecule has 1 aliphatic heterocycles. The molecule has 1 heterocycles. The minimum atomic E-state index is -3.62. The Labute approximate surface area is 115 Å². The molecule has 0 radical (unpaired) electrons. The first-order valence-electron chi connectivity index (χ1n) is 6.01. The molecular formula is C11H14N2O6S. The molecule has 9 heteroatoms. The van der Waals surface area contributed by atoms with E-state index in [1.165, 1.54) is 6.07 Å². The Balaban J connectivity index is 2.43. The average molecular weight is 302 g/mol. The second-order valence-electron chi connectivity index (χ2n) is 4.19. The van der Waals surface area contributed by atoms with Crippen LogP contribution in [-0.2, 0) is 10.0 Å². The van der Waals surface area contributed by atoms with Crippen LogP contribution in [0.5, 0.6) is 11.5 Å². The zero-order valence-electron chi connectivity index (χ0n) is 10.8. The summed E-state index contributed by atoms with van der Waals surface area (Å²) >= 11 is 0. The number of ether oxygens (including phenoxy) is 2. The van der Waals surface area contributed by atoms with E-state index in [2.05, 4.69) is 4.72 Å². The highest BCUT2D eigenvalue weighted by molar-refractivity contribution is 7.92. The average Bonchev–Trinajstić information content (AvgIpc) is 2.37. The molecule has 0 aromatic heterocycles. The number of anilines is 1. The maximum Gasteiger partial charge on any atom is 0.297 e. The topological polar surface area (TPSA) is 108 Å². The molecule has 1 N–H and O–H groups in total. The van der Waals surface area contributed by atoms with Gasteiger partial charge in [0, 0.05) is 6.07 Å². The molecule has 8 nitrogen and oxygen atoms in total. The van der Waals surface area contributed by atoms with E-state index in [0.29, 0.717) is 19.6 Å². The van der Waals surface area contributed by atoms with Crippen molar-refractivity contribution >= 4 is 21.4 Å². The first-order valence-corrected chi connectivity index (χ1v) is 7.66. The van der Waals surface area contributed by atoms with Crippen LogP contribution in [-0.4, -0.2) is 32.3 Å². The van der Waals surface area contributed by atoms with Gasteiger partial charge >= 0.3 is 0 Å². The summed E-state index contributed by atoms with van der Waals surface area (Å²) in [7, 11) is -3.62. The molecule has 2 rings (SSSR count). The molecule has 0 unspecified atom stereocenters. The van der Waals surface area contributed by atoms with Crippen LogP contribution in [0.4, 0.5) is 11.4 Å².